The highest BCUT2D eigenvalue weighted by atomic mass is 35.5. The van der Waals surface area contributed by atoms with Crippen LogP contribution in [0.2, 0.25) is 0 Å². The van der Waals surface area contributed by atoms with E-state index in [1.165, 1.54) is 12.1 Å². The monoisotopic (exact) mass is 235 g/mol. The second-order valence-corrected chi connectivity index (χ2v) is 3.91. The van der Waals surface area contributed by atoms with Crippen LogP contribution in [0.3, 0.4) is 0 Å². The van der Waals surface area contributed by atoms with Crippen molar-refractivity contribution >= 4 is 12.4 Å². The van der Waals surface area contributed by atoms with E-state index in [-0.39, 0.29) is 18.4 Å². The fourth-order valence-electron chi connectivity index (χ4n) is 1.39. The van der Waals surface area contributed by atoms with Crippen LogP contribution in [-0.2, 0) is 0 Å². The summed E-state index contributed by atoms with van der Waals surface area (Å²) in [6, 6.07) is 3.60. The number of hydrogen-bond donors (Lipinski definition) is 1. The van der Waals surface area contributed by atoms with E-state index < -0.39 is 11.6 Å². The molecular formula is C11H16ClF2N. The van der Waals surface area contributed by atoms with Gasteiger partial charge in [0.2, 0.25) is 0 Å². The maximum Gasteiger partial charge on any atom is 0.159 e. The third-order valence-corrected chi connectivity index (χ3v) is 2.10. The highest BCUT2D eigenvalue weighted by molar-refractivity contribution is 5.85. The first-order valence-corrected chi connectivity index (χ1v) is 4.71. The smallest absolute Gasteiger partial charge is 0.159 e. The van der Waals surface area contributed by atoms with Crippen molar-refractivity contribution in [1.82, 2.24) is 0 Å². The number of rotatable bonds is 3. The Hall–Kier alpha value is -0.670. The molecule has 0 saturated heterocycles. The molecule has 0 unspecified atom stereocenters. The largest absolute Gasteiger partial charge is 0.324 e. The van der Waals surface area contributed by atoms with Crippen LogP contribution >= 0.6 is 12.4 Å². The van der Waals surface area contributed by atoms with E-state index in [1.54, 1.807) is 0 Å². The summed E-state index contributed by atoms with van der Waals surface area (Å²) >= 11 is 0. The van der Waals surface area contributed by atoms with Gasteiger partial charge in [-0.15, -0.1) is 12.4 Å². The third-order valence-electron chi connectivity index (χ3n) is 2.10. The van der Waals surface area contributed by atoms with Gasteiger partial charge in [0.25, 0.3) is 0 Å². The third kappa shape index (κ3) is 4.14. The highest BCUT2D eigenvalue weighted by Gasteiger charge is 2.10. The topological polar surface area (TPSA) is 26.0 Å². The number of benzene rings is 1. The average molecular weight is 236 g/mol. The Labute approximate surface area is 95.1 Å². The Balaban J connectivity index is 0.00000196. The van der Waals surface area contributed by atoms with Gasteiger partial charge in [-0.2, -0.15) is 0 Å². The van der Waals surface area contributed by atoms with Crippen LogP contribution in [0, 0.1) is 17.6 Å². The maximum atomic E-state index is 12.8. The van der Waals surface area contributed by atoms with Crippen molar-refractivity contribution in [2.45, 2.75) is 26.3 Å². The Morgan fingerprint density at radius 3 is 2.27 bits per heavy atom. The molecule has 0 spiro atoms. The zero-order chi connectivity index (χ0) is 10.7. The minimum Gasteiger partial charge on any atom is -0.324 e. The molecule has 15 heavy (non-hydrogen) atoms. The number of halogens is 3. The van der Waals surface area contributed by atoms with Crippen molar-refractivity contribution in [2.24, 2.45) is 11.7 Å². The van der Waals surface area contributed by atoms with Crippen molar-refractivity contribution in [1.29, 1.82) is 0 Å². The first-order chi connectivity index (χ1) is 6.50. The zero-order valence-corrected chi connectivity index (χ0v) is 9.65. The summed E-state index contributed by atoms with van der Waals surface area (Å²) in [5, 5.41) is 0. The van der Waals surface area contributed by atoms with Crippen LogP contribution in [0.5, 0.6) is 0 Å². The van der Waals surface area contributed by atoms with Crippen LogP contribution in [0.1, 0.15) is 31.9 Å². The Bertz CT molecular complexity index is 315. The summed E-state index contributed by atoms with van der Waals surface area (Å²) in [5.41, 5.74) is 6.48. The molecule has 0 bridgehead atoms. The molecule has 1 aromatic carbocycles. The van der Waals surface area contributed by atoms with Crippen LogP contribution < -0.4 is 5.73 Å². The van der Waals surface area contributed by atoms with Gasteiger partial charge in [-0.25, -0.2) is 8.78 Å². The van der Waals surface area contributed by atoms with E-state index in [2.05, 4.69) is 0 Å². The molecule has 2 N–H and O–H groups in total. The fourth-order valence-corrected chi connectivity index (χ4v) is 1.39. The van der Waals surface area contributed by atoms with Gasteiger partial charge in [0, 0.05) is 6.04 Å². The zero-order valence-electron chi connectivity index (χ0n) is 8.84. The van der Waals surface area contributed by atoms with Crippen LogP contribution in [0.25, 0.3) is 0 Å². The maximum absolute atomic E-state index is 12.8. The lowest BCUT2D eigenvalue weighted by atomic mass is 9.98. The lowest BCUT2D eigenvalue weighted by molar-refractivity contribution is 0.489. The van der Waals surface area contributed by atoms with E-state index in [9.17, 15) is 8.78 Å². The molecule has 0 aromatic heterocycles. The van der Waals surface area contributed by atoms with E-state index in [0.717, 1.165) is 12.5 Å². The molecule has 4 heteroatoms. The fraction of sp³-hybridized carbons (Fsp3) is 0.455. The molecule has 0 aliphatic heterocycles. The van der Waals surface area contributed by atoms with E-state index in [4.69, 9.17) is 5.73 Å². The van der Waals surface area contributed by atoms with Gasteiger partial charge in [-0.1, -0.05) is 19.9 Å². The molecule has 0 saturated carbocycles. The molecule has 0 fully saturated rings. The highest BCUT2D eigenvalue weighted by Crippen LogP contribution is 2.20. The number of hydrogen-bond acceptors (Lipinski definition) is 1. The standard InChI is InChI=1S/C11H15F2N.ClH/c1-7(2)5-11(14)8-3-4-9(12)10(13)6-8;/h3-4,6-7,11H,5,14H2,1-2H3;1H/t11-;/m1./s1. The molecule has 1 atom stereocenters. The van der Waals surface area contributed by atoms with Crippen molar-refractivity contribution in [3.63, 3.8) is 0 Å². The van der Waals surface area contributed by atoms with Crippen molar-refractivity contribution in [2.75, 3.05) is 0 Å². The Morgan fingerprint density at radius 2 is 1.80 bits per heavy atom. The van der Waals surface area contributed by atoms with Gasteiger partial charge in [-0.3, -0.25) is 0 Å². The summed E-state index contributed by atoms with van der Waals surface area (Å²) in [5.74, 6) is -1.22. The van der Waals surface area contributed by atoms with Crippen LogP contribution in [0.4, 0.5) is 8.78 Å². The quantitative estimate of drug-likeness (QED) is 0.854. The first kappa shape index (κ1) is 14.3. The molecule has 1 rings (SSSR count). The van der Waals surface area contributed by atoms with Gasteiger partial charge in [0.1, 0.15) is 0 Å². The van der Waals surface area contributed by atoms with Crippen LogP contribution in [-0.4, -0.2) is 0 Å². The minimum absolute atomic E-state index is 0. The first-order valence-electron chi connectivity index (χ1n) is 4.71. The van der Waals surface area contributed by atoms with E-state index in [0.29, 0.717) is 11.5 Å². The average Bonchev–Trinajstić information content (AvgIpc) is 2.08. The summed E-state index contributed by atoms with van der Waals surface area (Å²) in [7, 11) is 0. The molecule has 1 aromatic rings. The molecule has 0 aliphatic carbocycles. The van der Waals surface area contributed by atoms with Gasteiger partial charge in [0.15, 0.2) is 11.6 Å². The summed E-state index contributed by atoms with van der Waals surface area (Å²) in [6.07, 6.45) is 0.769. The predicted octanol–water partition coefficient (Wildman–Crippen LogP) is 3.43. The summed E-state index contributed by atoms with van der Waals surface area (Å²) < 4.78 is 25.5. The lowest BCUT2D eigenvalue weighted by Crippen LogP contribution is -2.13. The normalized spacial score (nSPS) is 12.4. The molecule has 86 valence electrons. The molecule has 0 radical (unpaired) electrons. The molecule has 0 aliphatic rings. The van der Waals surface area contributed by atoms with Crippen molar-refractivity contribution < 1.29 is 8.78 Å². The SMILES string of the molecule is CC(C)C[C@@H](N)c1ccc(F)c(F)c1.Cl. The molecule has 1 nitrogen and oxygen atoms in total. The second kappa shape index (κ2) is 6.03. The van der Waals surface area contributed by atoms with Gasteiger partial charge in [-0.05, 0) is 30.0 Å². The lowest BCUT2D eigenvalue weighted by Gasteiger charge is -2.14. The molecule has 0 heterocycles. The Morgan fingerprint density at radius 1 is 1.20 bits per heavy atom. The second-order valence-electron chi connectivity index (χ2n) is 3.91. The number of nitrogens with two attached hydrogens (primary N) is 1. The van der Waals surface area contributed by atoms with E-state index >= 15 is 0 Å². The van der Waals surface area contributed by atoms with Crippen molar-refractivity contribution in [3.8, 4) is 0 Å². The minimum atomic E-state index is -0.832. The summed E-state index contributed by atoms with van der Waals surface area (Å²) in [4.78, 5) is 0. The van der Waals surface area contributed by atoms with Gasteiger partial charge in [0.05, 0.1) is 0 Å². The summed E-state index contributed by atoms with van der Waals surface area (Å²) in [6.45, 7) is 4.08. The van der Waals surface area contributed by atoms with Gasteiger partial charge >= 0.3 is 0 Å². The van der Waals surface area contributed by atoms with E-state index in [1.807, 2.05) is 13.8 Å². The molecular weight excluding hydrogens is 220 g/mol. The molecule has 0 amide bonds. The Kier molecular flexibility index (Phi) is 5.76. The van der Waals surface area contributed by atoms with Gasteiger partial charge < -0.3 is 5.73 Å². The van der Waals surface area contributed by atoms with Crippen molar-refractivity contribution in [3.05, 3.63) is 35.4 Å². The predicted molar refractivity (Wildman–Crippen MR) is 60.0 cm³/mol. The van der Waals surface area contributed by atoms with Crippen LogP contribution in [0.15, 0.2) is 18.2 Å².